The second-order valence-corrected chi connectivity index (χ2v) is 5.17. The molecule has 1 amide bonds. The standard InChI is InChI=1S/C13H18N2OS/c1-17-6-2-5-15-13(16)10-3-4-11-8-14-9-12(11)7-10/h3-4,7,14H,2,5-6,8-9H2,1H3,(H,15,16). The molecule has 0 saturated heterocycles. The van der Waals surface area contributed by atoms with Gasteiger partial charge in [0, 0.05) is 25.2 Å². The van der Waals surface area contributed by atoms with Gasteiger partial charge in [-0.05, 0) is 41.7 Å². The lowest BCUT2D eigenvalue weighted by atomic mass is 10.1. The Balaban J connectivity index is 1.91. The summed E-state index contributed by atoms with van der Waals surface area (Å²) in [6, 6.07) is 5.96. The first-order valence-corrected chi connectivity index (χ1v) is 7.30. The lowest BCUT2D eigenvalue weighted by Gasteiger charge is -2.06. The smallest absolute Gasteiger partial charge is 0.251 e. The largest absolute Gasteiger partial charge is 0.352 e. The highest BCUT2D eigenvalue weighted by Crippen LogP contribution is 2.16. The first kappa shape index (κ1) is 12.5. The zero-order valence-corrected chi connectivity index (χ0v) is 10.9. The topological polar surface area (TPSA) is 41.1 Å². The number of amides is 1. The van der Waals surface area contributed by atoms with Gasteiger partial charge in [0.1, 0.15) is 0 Å². The van der Waals surface area contributed by atoms with Crippen molar-refractivity contribution in [2.24, 2.45) is 0 Å². The number of nitrogens with one attached hydrogen (secondary N) is 2. The second-order valence-electron chi connectivity index (χ2n) is 4.19. The molecular formula is C13H18N2OS. The van der Waals surface area contributed by atoms with Crippen LogP contribution >= 0.6 is 11.8 Å². The summed E-state index contributed by atoms with van der Waals surface area (Å²) in [5.74, 6) is 1.13. The molecule has 1 aliphatic rings. The highest BCUT2D eigenvalue weighted by Gasteiger charge is 2.12. The van der Waals surface area contributed by atoms with Gasteiger partial charge in [0.15, 0.2) is 0 Å². The summed E-state index contributed by atoms with van der Waals surface area (Å²) in [4.78, 5) is 11.9. The quantitative estimate of drug-likeness (QED) is 0.783. The van der Waals surface area contributed by atoms with Crippen LogP contribution in [0.25, 0.3) is 0 Å². The number of carbonyl (C=O) groups excluding carboxylic acids is 1. The number of thioether (sulfide) groups is 1. The van der Waals surface area contributed by atoms with Gasteiger partial charge in [-0.1, -0.05) is 6.07 Å². The summed E-state index contributed by atoms with van der Waals surface area (Å²) >= 11 is 1.81. The second kappa shape index (κ2) is 6.07. The maximum Gasteiger partial charge on any atom is 0.251 e. The van der Waals surface area contributed by atoms with E-state index in [1.54, 1.807) is 11.8 Å². The molecular weight excluding hydrogens is 232 g/mol. The van der Waals surface area contributed by atoms with Gasteiger partial charge in [-0.3, -0.25) is 4.79 Å². The van der Waals surface area contributed by atoms with E-state index >= 15 is 0 Å². The predicted molar refractivity (Wildman–Crippen MR) is 72.3 cm³/mol. The Kier molecular flexibility index (Phi) is 4.45. The molecule has 17 heavy (non-hydrogen) atoms. The van der Waals surface area contributed by atoms with E-state index in [-0.39, 0.29) is 5.91 Å². The molecule has 1 aromatic carbocycles. The van der Waals surface area contributed by atoms with Crippen molar-refractivity contribution in [3.8, 4) is 0 Å². The third-order valence-corrected chi connectivity index (χ3v) is 3.61. The summed E-state index contributed by atoms with van der Waals surface area (Å²) in [6.45, 7) is 2.56. The maximum absolute atomic E-state index is 11.9. The Hall–Kier alpha value is -1.00. The Morgan fingerprint density at radius 1 is 1.41 bits per heavy atom. The monoisotopic (exact) mass is 250 g/mol. The summed E-state index contributed by atoms with van der Waals surface area (Å²) < 4.78 is 0. The summed E-state index contributed by atoms with van der Waals surface area (Å²) in [6.07, 6.45) is 3.11. The van der Waals surface area contributed by atoms with Gasteiger partial charge in [0.25, 0.3) is 5.91 Å². The van der Waals surface area contributed by atoms with Crippen molar-refractivity contribution in [2.75, 3.05) is 18.6 Å². The molecule has 0 aliphatic carbocycles. The van der Waals surface area contributed by atoms with Gasteiger partial charge < -0.3 is 10.6 Å². The van der Waals surface area contributed by atoms with Crippen molar-refractivity contribution in [1.29, 1.82) is 0 Å². The molecule has 1 aliphatic heterocycles. The van der Waals surface area contributed by atoms with Crippen molar-refractivity contribution < 1.29 is 4.79 Å². The highest BCUT2D eigenvalue weighted by atomic mass is 32.2. The number of hydrogen-bond donors (Lipinski definition) is 2. The molecule has 0 unspecified atom stereocenters. The van der Waals surface area contributed by atoms with Crippen LogP contribution in [0, 0.1) is 0 Å². The fourth-order valence-corrected chi connectivity index (χ4v) is 2.39. The molecule has 1 heterocycles. The fraction of sp³-hybridized carbons (Fsp3) is 0.462. The van der Waals surface area contributed by atoms with E-state index in [1.807, 2.05) is 18.2 Å². The first-order valence-electron chi connectivity index (χ1n) is 5.91. The van der Waals surface area contributed by atoms with Crippen LogP contribution in [0.2, 0.25) is 0 Å². The molecule has 2 rings (SSSR count). The molecule has 4 heteroatoms. The van der Waals surface area contributed by atoms with Gasteiger partial charge in [-0.25, -0.2) is 0 Å². The minimum atomic E-state index is 0.0424. The van der Waals surface area contributed by atoms with Gasteiger partial charge in [0.05, 0.1) is 0 Å². The van der Waals surface area contributed by atoms with Crippen LogP contribution in [0.5, 0.6) is 0 Å². The van der Waals surface area contributed by atoms with E-state index in [2.05, 4.69) is 16.9 Å². The Morgan fingerprint density at radius 2 is 2.24 bits per heavy atom. The Labute approximate surface area is 106 Å². The SMILES string of the molecule is CSCCCNC(=O)c1ccc2c(c1)CNC2. The van der Waals surface area contributed by atoms with E-state index in [4.69, 9.17) is 0 Å². The van der Waals surface area contributed by atoms with Crippen molar-refractivity contribution in [3.05, 3.63) is 34.9 Å². The molecule has 0 spiro atoms. The molecule has 0 fully saturated rings. The molecule has 0 saturated carbocycles. The maximum atomic E-state index is 11.9. The lowest BCUT2D eigenvalue weighted by Crippen LogP contribution is -2.24. The van der Waals surface area contributed by atoms with Gasteiger partial charge >= 0.3 is 0 Å². The molecule has 0 bridgehead atoms. The average Bonchev–Trinajstić information content (AvgIpc) is 2.81. The van der Waals surface area contributed by atoms with Gasteiger partial charge in [0.2, 0.25) is 0 Å². The molecule has 0 atom stereocenters. The van der Waals surface area contributed by atoms with E-state index in [0.717, 1.165) is 37.4 Å². The van der Waals surface area contributed by atoms with Crippen LogP contribution in [0.1, 0.15) is 27.9 Å². The van der Waals surface area contributed by atoms with Crippen LogP contribution in [0.3, 0.4) is 0 Å². The third kappa shape index (κ3) is 3.23. The van der Waals surface area contributed by atoms with E-state index < -0.39 is 0 Å². The third-order valence-electron chi connectivity index (χ3n) is 2.91. The van der Waals surface area contributed by atoms with Crippen molar-refractivity contribution in [1.82, 2.24) is 10.6 Å². The molecule has 2 N–H and O–H groups in total. The van der Waals surface area contributed by atoms with Gasteiger partial charge in [-0.15, -0.1) is 0 Å². The number of carbonyl (C=O) groups is 1. The van der Waals surface area contributed by atoms with E-state index in [0.29, 0.717) is 0 Å². The number of rotatable bonds is 5. The first-order chi connectivity index (χ1) is 8.31. The van der Waals surface area contributed by atoms with E-state index in [9.17, 15) is 4.79 Å². The van der Waals surface area contributed by atoms with Crippen LogP contribution in [0.15, 0.2) is 18.2 Å². The van der Waals surface area contributed by atoms with Crippen LogP contribution < -0.4 is 10.6 Å². The number of fused-ring (bicyclic) bond motifs is 1. The van der Waals surface area contributed by atoms with Gasteiger partial charge in [-0.2, -0.15) is 11.8 Å². The normalized spacial score (nSPS) is 13.5. The molecule has 92 valence electrons. The summed E-state index contributed by atoms with van der Waals surface area (Å²) in [5.41, 5.74) is 3.34. The van der Waals surface area contributed by atoms with Crippen LogP contribution in [0.4, 0.5) is 0 Å². The number of benzene rings is 1. The summed E-state index contributed by atoms with van der Waals surface area (Å²) in [5, 5.41) is 6.23. The minimum Gasteiger partial charge on any atom is -0.352 e. The minimum absolute atomic E-state index is 0.0424. The van der Waals surface area contributed by atoms with Crippen molar-refractivity contribution in [3.63, 3.8) is 0 Å². The zero-order valence-electron chi connectivity index (χ0n) is 10.1. The highest BCUT2D eigenvalue weighted by molar-refractivity contribution is 7.98. The van der Waals surface area contributed by atoms with Crippen molar-refractivity contribution >= 4 is 17.7 Å². The lowest BCUT2D eigenvalue weighted by molar-refractivity contribution is 0.0953. The Bertz CT molecular complexity index is 406. The molecule has 0 aromatic heterocycles. The van der Waals surface area contributed by atoms with Crippen LogP contribution in [-0.2, 0) is 13.1 Å². The fourth-order valence-electron chi connectivity index (χ4n) is 1.96. The molecule has 0 radical (unpaired) electrons. The predicted octanol–water partition coefficient (Wildman–Crippen LogP) is 1.77. The Morgan fingerprint density at radius 3 is 3.06 bits per heavy atom. The average molecular weight is 250 g/mol. The zero-order chi connectivity index (χ0) is 12.1. The molecule has 3 nitrogen and oxygen atoms in total. The molecule has 1 aromatic rings. The van der Waals surface area contributed by atoms with Crippen molar-refractivity contribution in [2.45, 2.75) is 19.5 Å². The van der Waals surface area contributed by atoms with E-state index in [1.165, 1.54) is 11.1 Å². The van der Waals surface area contributed by atoms with Crippen LogP contribution in [-0.4, -0.2) is 24.5 Å². The summed E-state index contributed by atoms with van der Waals surface area (Å²) in [7, 11) is 0. The number of hydrogen-bond acceptors (Lipinski definition) is 3.